The van der Waals surface area contributed by atoms with E-state index in [1.807, 2.05) is 11.8 Å². The Hall–Kier alpha value is -0.610. The van der Waals surface area contributed by atoms with Crippen LogP contribution in [-0.4, -0.2) is 48.2 Å². The smallest absolute Gasteiger partial charge is 0.222 e. The van der Waals surface area contributed by atoms with Crippen LogP contribution in [0.4, 0.5) is 0 Å². The van der Waals surface area contributed by atoms with Crippen molar-refractivity contribution in [1.82, 2.24) is 10.2 Å². The topological polar surface area (TPSA) is 52.6 Å². The van der Waals surface area contributed by atoms with E-state index >= 15 is 0 Å². The van der Waals surface area contributed by atoms with Gasteiger partial charge in [0.05, 0.1) is 6.10 Å². The van der Waals surface area contributed by atoms with Crippen molar-refractivity contribution in [3.8, 4) is 0 Å². The molecule has 1 aliphatic heterocycles. The molecule has 2 N–H and O–H groups in total. The van der Waals surface area contributed by atoms with E-state index in [1.165, 1.54) is 0 Å². The molecule has 1 amide bonds. The number of carbonyl (C=O) groups is 1. The predicted octanol–water partition coefficient (Wildman–Crippen LogP) is 1.63. The fourth-order valence-corrected chi connectivity index (χ4v) is 2.73. The number of nitrogens with one attached hydrogen (secondary N) is 1. The third kappa shape index (κ3) is 5.49. The first-order valence-electron chi connectivity index (χ1n) is 7.51. The number of rotatable bonds is 5. The lowest BCUT2D eigenvalue weighted by Crippen LogP contribution is -2.41. The van der Waals surface area contributed by atoms with Crippen molar-refractivity contribution in [2.24, 2.45) is 11.3 Å². The second kappa shape index (κ2) is 7.25. The molecule has 2 unspecified atom stereocenters. The number of hydrogen-bond acceptors (Lipinski definition) is 3. The number of aliphatic hydroxyl groups excluding tert-OH is 1. The number of β-amino-alcohol motifs (C(OH)–C–C–N with tert-alkyl or cyclic N) is 1. The van der Waals surface area contributed by atoms with E-state index in [0.717, 1.165) is 25.9 Å². The van der Waals surface area contributed by atoms with Gasteiger partial charge in [0.25, 0.3) is 0 Å². The Morgan fingerprint density at radius 2 is 2.11 bits per heavy atom. The molecule has 0 bridgehead atoms. The summed E-state index contributed by atoms with van der Waals surface area (Å²) >= 11 is 0. The van der Waals surface area contributed by atoms with Crippen LogP contribution in [0.2, 0.25) is 0 Å². The Kier molecular flexibility index (Phi) is 6.27. The van der Waals surface area contributed by atoms with Crippen LogP contribution in [0.5, 0.6) is 0 Å². The summed E-state index contributed by atoms with van der Waals surface area (Å²) in [7, 11) is 0. The minimum atomic E-state index is -0.463. The lowest BCUT2D eigenvalue weighted by Gasteiger charge is -2.30. The van der Waals surface area contributed by atoms with Crippen LogP contribution in [-0.2, 0) is 4.79 Å². The summed E-state index contributed by atoms with van der Waals surface area (Å²) in [6.07, 6.45) is 2.18. The van der Waals surface area contributed by atoms with E-state index in [-0.39, 0.29) is 11.3 Å². The maximum Gasteiger partial charge on any atom is 0.222 e. The van der Waals surface area contributed by atoms with E-state index in [1.54, 1.807) is 0 Å². The molecule has 0 saturated carbocycles. The number of hydrogen-bond donors (Lipinski definition) is 2. The van der Waals surface area contributed by atoms with E-state index in [2.05, 4.69) is 26.1 Å². The third-order valence-corrected chi connectivity index (χ3v) is 4.09. The van der Waals surface area contributed by atoms with Gasteiger partial charge in [-0.15, -0.1) is 0 Å². The van der Waals surface area contributed by atoms with Gasteiger partial charge in [0.1, 0.15) is 0 Å². The van der Waals surface area contributed by atoms with E-state index in [9.17, 15) is 9.90 Å². The molecule has 1 aliphatic rings. The second-order valence-electron chi connectivity index (χ2n) is 6.69. The van der Waals surface area contributed by atoms with Gasteiger partial charge in [-0.25, -0.2) is 0 Å². The minimum absolute atomic E-state index is 0.197. The van der Waals surface area contributed by atoms with Gasteiger partial charge in [0.15, 0.2) is 0 Å². The van der Waals surface area contributed by atoms with Crippen molar-refractivity contribution in [2.45, 2.75) is 53.1 Å². The molecule has 4 heteroatoms. The van der Waals surface area contributed by atoms with Crippen LogP contribution in [0.15, 0.2) is 0 Å². The molecule has 4 nitrogen and oxygen atoms in total. The number of aliphatic hydroxyl groups is 1. The maximum absolute atomic E-state index is 12.1. The average Bonchev–Trinajstić information content (AvgIpc) is 2.49. The number of nitrogens with zero attached hydrogens (tertiary/aromatic N) is 1. The lowest BCUT2D eigenvalue weighted by atomic mass is 9.77. The van der Waals surface area contributed by atoms with Crippen molar-refractivity contribution >= 4 is 5.91 Å². The highest BCUT2D eigenvalue weighted by molar-refractivity contribution is 5.76. The first-order valence-corrected chi connectivity index (χ1v) is 7.51. The number of amides is 1. The number of likely N-dealkylation sites (tertiary alicyclic amines) is 1. The summed E-state index contributed by atoms with van der Waals surface area (Å²) in [6.45, 7) is 11.4. The first kappa shape index (κ1) is 16.4. The maximum atomic E-state index is 12.1. The first-order chi connectivity index (χ1) is 8.84. The van der Waals surface area contributed by atoms with Crippen LogP contribution in [0, 0.1) is 11.3 Å². The van der Waals surface area contributed by atoms with Gasteiger partial charge in [0.2, 0.25) is 5.91 Å². The van der Waals surface area contributed by atoms with Crippen molar-refractivity contribution in [1.29, 1.82) is 0 Å². The summed E-state index contributed by atoms with van der Waals surface area (Å²) in [5, 5.41) is 13.0. The molecule has 19 heavy (non-hydrogen) atoms. The van der Waals surface area contributed by atoms with Crippen molar-refractivity contribution in [3.63, 3.8) is 0 Å². The van der Waals surface area contributed by atoms with E-state index in [4.69, 9.17) is 0 Å². The van der Waals surface area contributed by atoms with Crippen molar-refractivity contribution < 1.29 is 9.90 Å². The summed E-state index contributed by atoms with van der Waals surface area (Å²) in [5.41, 5.74) is 0.263. The second-order valence-corrected chi connectivity index (χ2v) is 6.69. The zero-order valence-corrected chi connectivity index (χ0v) is 12.9. The SMILES string of the molecule is CCNCC(O)CN1CCC(C(C)(C)C)CCC1=O. The molecular formula is C15H30N2O2. The van der Waals surface area contributed by atoms with Crippen LogP contribution >= 0.6 is 0 Å². The zero-order chi connectivity index (χ0) is 14.5. The van der Waals surface area contributed by atoms with E-state index in [0.29, 0.717) is 25.4 Å². The Bertz CT molecular complexity index is 286. The molecule has 1 saturated heterocycles. The lowest BCUT2D eigenvalue weighted by molar-refractivity contribution is -0.132. The third-order valence-electron chi connectivity index (χ3n) is 4.09. The van der Waals surface area contributed by atoms with Gasteiger partial charge in [-0.1, -0.05) is 27.7 Å². The van der Waals surface area contributed by atoms with Gasteiger partial charge in [0, 0.05) is 26.1 Å². The average molecular weight is 270 g/mol. The molecular weight excluding hydrogens is 240 g/mol. The van der Waals surface area contributed by atoms with Gasteiger partial charge in [-0.2, -0.15) is 0 Å². The fourth-order valence-electron chi connectivity index (χ4n) is 2.73. The molecule has 1 heterocycles. The van der Waals surface area contributed by atoms with Crippen molar-refractivity contribution in [3.05, 3.63) is 0 Å². The van der Waals surface area contributed by atoms with Gasteiger partial charge >= 0.3 is 0 Å². The fraction of sp³-hybridized carbons (Fsp3) is 0.933. The molecule has 0 aromatic rings. The summed E-state index contributed by atoms with van der Waals surface area (Å²) in [4.78, 5) is 13.9. The summed E-state index contributed by atoms with van der Waals surface area (Å²) in [5.74, 6) is 0.787. The van der Waals surface area contributed by atoms with Crippen LogP contribution in [0.1, 0.15) is 47.0 Å². The summed E-state index contributed by atoms with van der Waals surface area (Å²) < 4.78 is 0. The zero-order valence-electron chi connectivity index (χ0n) is 12.9. The Morgan fingerprint density at radius 3 is 2.68 bits per heavy atom. The highest BCUT2D eigenvalue weighted by Gasteiger charge is 2.30. The Labute approximate surface area is 117 Å². The summed E-state index contributed by atoms with van der Waals surface area (Å²) in [6, 6.07) is 0. The molecule has 112 valence electrons. The van der Waals surface area contributed by atoms with Crippen LogP contribution in [0.3, 0.4) is 0 Å². The predicted molar refractivity (Wildman–Crippen MR) is 77.9 cm³/mol. The molecule has 1 rings (SSSR count). The quantitative estimate of drug-likeness (QED) is 0.798. The minimum Gasteiger partial charge on any atom is -0.390 e. The molecule has 0 aliphatic carbocycles. The van der Waals surface area contributed by atoms with Gasteiger partial charge in [-0.3, -0.25) is 4.79 Å². The molecule has 0 radical (unpaired) electrons. The largest absolute Gasteiger partial charge is 0.390 e. The number of carbonyl (C=O) groups excluding carboxylic acids is 1. The molecule has 2 atom stereocenters. The van der Waals surface area contributed by atoms with Crippen LogP contribution < -0.4 is 5.32 Å². The highest BCUT2D eigenvalue weighted by Crippen LogP contribution is 2.34. The molecule has 0 aromatic carbocycles. The normalized spacial score (nSPS) is 23.3. The van der Waals surface area contributed by atoms with Gasteiger partial charge < -0.3 is 15.3 Å². The monoisotopic (exact) mass is 270 g/mol. The van der Waals surface area contributed by atoms with Crippen LogP contribution in [0.25, 0.3) is 0 Å². The van der Waals surface area contributed by atoms with Gasteiger partial charge in [-0.05, 0) is 30.7 Å². The van der Waals surface area contributed by atoms with Crippen molar-refractivity contribution in [2.75, 3.05) is 26.2 Å². The number of likely N-dealkylation sites (N-methyl/N-ethyl adjacent to an activating group) is 1. The van der Waals surface area contributed by atoms with E-state index < -0.39 is 6.10 Å². The molecule has 0 spiro atoms. The standard InChI is InChI=1S/C15H30N2O2/c1-5-16-10-13(18)11-17-9-8-12(15(2,3)4)6-7-14(17)19/h12-13,16,18H,5-11H2,1-4H3. The highest BCUT2D eigenvalue weighted by atomic mass is 16.3. The Morgan fingerprint density at radius 1 is 1.42 bits per heavy atom. The Balaban J connectivity index is 2.49. The molecule has 0 aromatic heterocycles. The molecule has 1 fully saturated rings.